The van der Waals surface area contributed by atoms with E-state index >= 15 is 0 Å². The summed E-state index contributed by atoms with van der Waals surface area (Å²) in [7, 11) is 0. The maximum absolute atomic E-state index is 13.4. The third-order valence-electron chi connectivity index (χ3n) is 3.30. The molecule has 0 spiro atoms. The van der Waals surface area contributed by atoms with Crippen molar-refractivity contribution in [2.75, 3.05) is 18.0 Å². The first-order chi connectivity index (χ1) is 10.6. The number of nitrogens with zero attached hydrogens (tertiary/aromatic N) is 3. The molecule has 0 heterocycles. The molecule has 0 atom stereocenters. The summed E-state index contributed by atoms with van der Waals surface area (Å²) in [6, 6.07) is 1.67. The molecule has 1 aromatic carbocycles. The van der Waals surface area contributed by atoms with Gasteiger partial charge in [-0.1, -0.05) is 13.3 Å². The van der Waals surface area contributed by atoms with Gasteiger partial charge < -0.3 is 4.90 Å². The maximum atomic E-state index is 13.4. The Morgan fingerprint density at radius 2 is 1.74 bits per heavy atom. The maximum Gasteiger partial charge on any atom is 0.425 e. The van der Waals surface area contributed by atoms with Crippen LogP contribution in [0.3, 0.4) is 0 Å². The average molecular weight is 335 g/mol. The van der Waals surface area contributed by atoms with Gasteiger partial charge in [0.1, 0.15) is 0 Å². The van der Waals surface area contributed by atoms with Crippen LogP contribution >= 0.6 is 0 Å². The number of rotatable bonds is 7. The molecule has 128 valence electrons. The van der Waals surface area contributed by atoms with Gasteiger partial charge in [-0.25, -0.2) is 0 Å². The number of hydrogen-bond donors (Lipinski definition) is 0. The number of unbranched alkanes of at least 4 members (excludes halogenated alkanes) is 1. The lowest BCUT2D eigenvalue weighted by Crippen LogP contribution is -2.27. The number of nitro benzene ring substituents is 2. The van der Waals surface area contributed by atoms with E-state index in [2.05, 4.69) is 0 Å². The zero-order valence-electron chi connectivity index (χ0n) is 12.6. The van der Waals surface area contributed by atoms with Crippen molar-refractivity contribution in [3.05, 3.63) is 37.9 Å². The van der Waals surface area contributed by atoms with Crippen LogP contribution in [0.5, 0.6) is 0 Å². The molecule has 0 saturated carbocycles. The number of alkyl halides is 3. The topological polar surface area (TPSA) is 89.5 Å². The molecule has 0 amide bonds. The van der Waals surface area contributed by atoms with Crippen LogP contribution in [0.4, 0.5) is 30.2 Å². The molecule has 0 N–H and O–H groups in total. The predicted octanol–water partition coefficient (Wildman–Crippen LogP) is 4.15. The highest BCUT2D eigenvalue weighted by Gasteiger charge is 2.46. The predicted molar refractivity (Wildman–Crippen MR) is 77.5 cm³/mol. The van der Waals surface area contributed by atoms with Crippen LogP contribution in [0.15, 0.2) is 12.1 Å². The van der Waals surface area contributed by atoms with Gasteiger partial charge in [0.05, 0.1) is 15.5 Å². The fourth-order valence-corrected chi connectivity index (χ4v) is 2.24. The second-order valence-corrected chi connectivity index (χ2v) is 4.77. The van der Waals surface area contributed by atoms with E-state index in [0.29, 0.717) is 6.42 Å². The minimum Gasteiger partial charge on any atom is -0.371 e. The van der Waals surface area contributed by atoms with Gasteiger partial charge in [-0.3, -0.25) is 20.2 Å². The van der Waals surface area contributed by atoms with Gasteiger partial charge in [0, 0.05) is 19.2 Å². The lowest BCUT2D eigenvalue weighted by atomic mass is 10.1. The van der Waals surface area contributed by atoms with E-state index in [9.17, 15) is 33.4 Å². The molecule has 0 unspecified atom stereocenters. The summed E-state index contributed by atoms with van der Waals surface area (Å²) < 4.78 is 40.1. The molecule has 1 aromatic rings. The highest BCUT2D eigenvalue weighted by atomic mass is 19.4. The van der Waals surface area contributed by atoms with Crippen molar-refractivity contribution in [2.45, 2.75) is 32.9 Å². The molecule has 0 fully saturated rings. The van der Waals surface area contributed by atoms with Gasteiger partial charge in [0.15, 0.2) is 5.56 Å². The van der Waals surface area contributed by atoms with E-state index in [4.69, 9.17) is 0 Å². The third kappa shape index (κ3) is 4.08. The van der Waals surface area contributed by atoms with Crippen molar-refractivity contribution in [3.63, 3.8) is 0 Å². The summed E-state index contributed by atoms with van der Waals surface area (Å²) in [5, 5.41) is 21.9. The molecule has 0 saturated heterocycles. The van der Waals surface area contributed by atoms with E-state index in [0.717, 1.165) is 18.6 Å². The zero-order chi connectivity index (χ0) is 17.8. The monoisotopic (exact) mass is 335 g/mol. The molecule has 1 rings (SSSR count). The summed E-state index contributed by atoms with van der Waals surface area (Å²) in [4.78, 5) is 20.7. The van der Waals surface area contributed by atoms with E-state index in [1.807, 2.05) is 6.92 Å². The summed E-state index contributed by atoms with van der Waals surface area (Å²) >= 11 is 0. The first-order valence-electron chi connectivity index (χ1n) is 6.93. The molecular weight excluding hydrogens is 319 g/mol. The minimum absolute atomic E-state index is 0.193. The van der Waals surface area contributed by atoms with Gasteiger partial charge in [-0.05, 0) is 19.4 Å². The van der Waals surface area contributed by atoms with Gasteiger partial charge >= 0.3 is 17.6 Å². The lowest BCUT2D eigenvalue weighted by molar-refractivity contribution is -0.424. The molecule has 0 bridgehead atoms. The van der Waals surface area contributed by atoms with Crippen LogP contribution in [0.2, 0.25) is 0 Å². The molecule has 10 heteroatoms. The second-order valence-electron chi connectivity index (χ2n) is 4.77. The highest BCUT2D eigenvalue weighted by Crippen LogP contribution is 2.46. The highest BCUT2D eigenvalue weighted by molar-refractivity contribution is 5.71. The van der Waals surface area contributed by atoms with Crippen LogP contribution < -0.4 is 4.90 Å². The van der Waals surface area contributed by atoms with Gasteiger partial charge in [0.2, 0.25) is 0 Å². The number of anilines is 1. The van der Waals surface area contributed by atoms with Crippen molar-refractivity contribution in [2.24, 2.45) is 0 Å². The van der Waals surface area contributed by atoms with Crippen molar-refractivity contribution in [1.29, 1.82) is 0 Å². The summed E-state index contributed by atoms with van der Waals surface area (Å²) in [6.07, 6.45) is -3.76. The number of halogens is 3. The Morgan fingerprint density at radius 1 is 1.13 bits per heavy atom. The fourth-order valence-electron chi connectivity index (χ4n) is 2.24. The van der Waals surface area contributed by atoms with Crippen LogP contribution in [-0.2, 0) is 6.18 Å². The smallest absolute Gasteiger partial charge is 0.371 e. The van der Waals surface area contributed by atoms with Gasteiger partial charge in [-0.2, -0.15) is 13.2 Å². The Balaban J connectivity index is 3.68. The van der Waals surface area contributed by atoms with Gasteiger partial charge in [-0.15, -0.1) is 0 Å². The molecule has 0 aliphatic carbocycles. The molecule has 0 radical (unpaired) electrons. The molecule has 0 aromatic heterocycles. The molecule has 7 nitrogen and oxygen atoms in total. The minimum atomic E-state index is -5.08. The quantitative estimate of drug-likeness (QED) is 0.551. The van der Waals surface area contributed by atoms with Gasteiger partial charge in [0.25, 0.3) is 0 Å². The summed E-state index contributed by atoms with van der Waals surface area (Å²) in [5.41, 5.74) is -4.67. The first kappa shape index (κ1) is 18.7. The molecule has 23 heavy (non-hydrogen) atoms. The van der Waals surface area contributed by atoms with Crippen molar-refractivity contribution >= 4 is 17.1 Å². The molecule has 0 aliphatic rings. The molecule has 0 aliphatic heterocycles. The van der Waals surface area contributed by atoms with Crippen LogP contribution in [0.25, 0.3) is 0 Å². The van der Waals surface area contributed by atoms with E-state index < -0.39 is 38.6 Å². The van der Waals surface area contributed by atoms with E-state index in [1.165, 1.54) is 4.90 Å². The van der Waals surface area contributed by atoms with E-state index in [-0.39, 0.29) is 13.1 Å². The van der Waals surface area contributed by atoms with Crippen LogP contribution in [-0.4, -0.2) is 22.9 Å². The second kappa shape index (κ2) is 7.25. The Hall–Kier alpha value is -2.39. The Labute approximate surface area is 130 Å². The number of hydrogen-bond acceptors (Lipinski definition) is 5. The fraction of sp³-hybridized carbons (Fsp3) is 0.538. The SMILES string of the molecule is CCCCN(CC)c1ccc([N+](=O)[O-])c([N+](=O)[O-])c1C(F)(F)F. The third-order valence-corrected chi connectivity index (χ3v) is 3.30. The number of nitro groups is 2. The zero-order valence-corrected chi connectivity index (χ0v) is 12.6. The summed E-state index contributed by atoms with van der Waals surface area (Å²) in [5.74, 6) is 0. The van der Waals surface area contributed by atoms with E-state index in [1.54, 1.807) is 6.92 Å². The Kier molecular flexibility index (Phi) is 5.88. The van der Waals surface area contributed by atoms with Crippen molar-refractivity contribution in [1.82, 2.24) is 0 Å². The standard InChI is InChI=1S/C13H16F3N3O4/c1-3-5-8-17(4-2)9-6-7-10(18(20)21)12(19(22)23)11(9)13(14,15)16/h6-7H,3-5,8H2,1-2H3. The molecular formula is C13H16F3N3O4. The Morgan fingerprint density at radius 3 is 2.13 bits per heavy atom. The van der Waals surface area contributed by atoms with Crippen LogP contribution in [0.1, 0.15) is 32.3 Å². The Bertz CT molecular complexity index is 605. The van der Waals surface area contributed by atoms with Crippen molar-refractivity contribution in [3.8, 4) is 0 Å². The lowest BCUT2D eigenvalue weighted by Gasteiger charge is -2.26. The summed E-state index contributed by atoms with van der Waals surface area (Å²) in [6.45, 7) is 3.93. The largest absolute Gasteiger partial charge is 0.425 e. The number of benzene rings is 1. The van der Waals surface area contributed by atoms with Crippen molar-refractivity contribution < 1.29 is 23.0 Å². The normalized spacial score (nSPS) is 11.3. The van der Waals surface area contributed by atoms with Crippen LogP contribution in [0, 0.1) is 20.2 Å². The average Bonchev–Trinajstić information content (AvgIpc) is 2.45. The first-order valence-corrected chi connectivity index (χ1v) is 6.93.